The summed E-state index contributed by atoms with van der Waals surface area (Å²) in [7, 11) is 0. The van der Waals surface area contributed by atoms with E-state index < -0.39 is 5.60 Å². The van der Waals surface area contributed by atoms with Crippen LogP contribution in [0, 0.1) is 12.8 Å². The van der Waals surface area contributed by atoms with Gasteiger partial charge in [0.1, 0.15) is 11.5 Å². The van der Waals surface area contributed by atoms with Crippen molar-refractivity contribution in [2.45, 2.75) is 69.9 Å². The molecule has 1 saturated heterocycles. The molecule has 5 heteroatoms. The van der Waals surface area contributed by atoms with Gasteiger partial charge < -0.3 is 14.4 Å². The van der Waals surface area contributed by atoms with E-state index in [1.165, 1.54) is 0 Å². The summed E-state index contributed by atoms with van der Waals surface area (Å²) in [6, 6.07) is 9.88. The minimum absolute atomic E-state index is 0.00471. The van der Waals surface area contributed by atoms with Gasteiger partial charge in [0.25, 0.3) is 5.91 Å². The van der Waals surface area contributed by atoms with Gasteiger partial charge in [-0.25, -0.2) is 0 Å². The molecule has 1 saturated carbocycles. The van der Waals surface area contributed by atoms with Gasteiger partial charge in [-0.3, -0.25) is 9.59 Å². The molecule has 0 unspecified atom stereocenters. The van der Waals surface area contributed by atoms with Crippen LogP contribution in [0.5, 0.6) is 0 Å². The van der Waals surface area contributed by atoms with Gasteiger partial charge in [0.2, 0.25) is 0 Å². The molecule has 158 valence electrons. The number of aryl methyl sites for hydroxylation is 2. The van der Waals surface area contributed by atoms with Crippen molar-refractivity contribution in [3.05, 3.63) is 58.5 Å². The molecule has 0 spiro atoms. The van der Waals surface area contributed by atoms with E-state index in [1.807, 2.05) is 35.2 Å². The topological polar surface area (TPSA) is 70.8 Å². The second-order valence-electron chi connectivity index (χ2n) is 9.11. The Morgan fingerprint density at radius 2 is 1.90 bits per heavy atom. The molecule has 1 amide bonds. The number of fused-ring (bicyclic) bond motifs is 2. The Balaban J connectivity index is 1.51. The van der Waals surface area contributed by atoms with Crippen LogP contribution in [0.4, 0.5) is 0 Å². The Morgan fingerprint density at radius 3 is 2.70 bits per heavy atom. The number of hydrogen-bond donors (Lipinski definition) is 1. The van der Waals surface area contributed by atoms with Crippen molar-refractivity contribution in [2.75, 3.05) is 6.54 Å². The lowest BCUT2D eigenvalue weighted by Crippen LogP contribution is -2.59. The second-order valence-corrected chi connectivity index (χ2v) is 9.11. The maximum absolute atomic E-state index is 13.7. The lowest BCUT2D eigenvalue weighted by molar-refractivity contribution is -0.110. The van der Waals surface area contributed by atoms with Crippen molar-refractivity contribution in [1.82, 2.24) is 4.90 Å². The summed E-state index contributed by atoms with van der Waals surface area (Å²) in [6.45, 7) is 2.28. The van der Waals surface area contributed by atoms with Crippen LogP contribution in [-0.2, 0) is 12.0 Å². The molecule has 1 N–H and O–H groups in total. The SMILES string of the molecule is Cc1oc2c(c1C(=O)N1CC[C@@](O)(c3ccccc3)[C@H]3CCCC[C@H]31)C(=O)CCC2. The zero-order valence-corrected chi connectivity index (χ0v) is 17.5. The summed E-state index contributed by atoms with van der Waals surface area (Å²) < 4.78 is 5.85. The number of carbonyl (C=O) groups excluding carboxylic acids is 2. The zero-order chi connectivity index (χ0) is 20.9. The molecule has 2 aliphatic carbocycles. The van der Waals surface area contributed by atoms with Crippen LogP contribution in [-0.4, -0.2) is 34.3 Å². The molecule has 5 rings (SSSR count). The van der Waals surface area contributed by atoms with Crippen LogP contribution in [0.3, 0.4) is 0 Å². The molecular formula is C25H29NO4. The lowest BCUT2D eigenvalue weighted by Gasteiger charge is -2.52. The lowest BCUT2D eigenvalue weighted by atomic mass is 9.66. The average Bonchev–Trinajstić information content (AvgIpc) is 3.11. The number of ketones is 1. The predicted octanol–water partition coefficient (Wildman–Crippen LogP) is 4.40. The Labute approximate surface area is 177 Å². The molecule has 30 heavy (non-hydrogen) atoms. The Kier molecular flexibility index (Phi) is 4.81. The molecule has 1 aromatic heterocycles. The van der Waals surface area contributed by atoms with E-state index in [1.54, 1.807) is 6.92 Å². The number of Topliss-reactive ketones (excluding diaryl/α,β-unsaturated/α-hetero) is 1. The fourth-order valence-electron chi connectivity index (χ4n) is 6.03. The van der Waals surface area contributed by atoms with Gasteiger partial charge in [-0.15, -0.1) is 0 Å². The van der Waals surface area contributed by atoms with Crippen molar-refractivity contribution < 1.29 is 19.1 Å². The quantitative estimate of drug-likeness (QED) is 0.801. The molecule has 2 fully saturated rings. The predicted molar refractivity (Wildman–Crippen MR) is 112 cm³/mol. The summed E-state index contributed by atoms with van der Waals surface area (Å²) in [5, 5.41) is 11.7. The minimum Gasteiger partial charge on any atom is -0.465 e. The third-order valence-corrected chi connectivity index (χ3v) is 7.47. The Bertz CT molecular complexity index is 979. The fraction of sp³-hybridized carbons (Fsp3) is 0.520. The Hall–Kier alpha value is -2.40. The van der Waals surface area contributed by atoms with Gasteiger partial charge in [-0.1, -0.05) is 43.2 Å². The number of hydrogen-bond acceptors (Lipinski definition) is 4. The molecular weight excluding hydrogens is 378 g/mol. The van der Waals surface area contributed by atoms with Crippen LogP contribution in [0.2, 0.25) is 0 Å². The van der Waals surface area contributed by atoms with E-state index in [0.717, 1.165) is 44.1 Å². The number of rotatable bonds is 2. The highest BCUT2D eigenvalue weighted by atomic mass is 16.3. The number of amides is 1. The maximum atomic E-state index is 13.7. The van der Waals surface area contributed by atoms with Crippen molar-refractivity contribution in [3.63, 3.8) is 0 Å². The van der Waals surface area contributed by atoms with Crippen LogP contribution >= 0.6 is 0 Å². The van der Waals surface area contributed by atoms with Crippen molar-refractivity contribution in [1.29, 1.82) is 0 Å². The number of aliphatic hydroxyl groups is 1. The van der Waals surface area contributed by atoms with Crippen molar-refractivity contribution >= 4 is 11.7 Å². The number of nitrogens with zero attached hydrogens (tertiary/aromatic N) is 1. The molecule has 1 aromatic carbocycles. The van der Waals surface area contributed by atoms with Gasteiger partial charge in [-0.2, -0.15) is 0 Å². The summed E-state index contributed by atoms with van der Waals surface area (Å²) in [4.78, 5) is 28.3. The van der Waals surface area contributed by atoms with Crippen LogP contribution in [0.1, 0.15) is 82.7 Å². The second kappa shape index (κ2) is 7.38. The molecule has 2 heterocycles. The highest BCUT2D eigenvalue weighted by Gasteiger charge is 2.51. The third-order valence-electron chi connectivity index (χ3n) is 7.47. The summed E-state index contributed by atoms with van der Waals surface area (Å²) in [6.07, 6.45) is 6.40. The highest BCUT2D eigenvalue weighted by Crippen LogP contribution is 2.47. The fourth-order valence-corrected chi connectivity index (χ4v) is 6.03. The van der Waals surface area contributed by atoms with Gasteiger partial charge in [0.05, 0.1) is 16.7 Å². The number of furan rings is 1. The van der Waals surface area contributed by atoms with Crippen molar-refractivity contribution in [2.24, 2.45) is 5.92 Å². The number of carbonyl (C=O) groups is 2. The zero-order valence-electron chi connectivity index (χ0n) is 17.5. The largest absolute Gasteiger partial charge is 0.465 e. The van der Waals surface area contributed by atoms with E-state index in [0.29, 0.717) is 42.0 Å². The van der Waals surface area contributed by atoms with Crippen LogP contribution in [0.25, 0.3) is 0 Å². The first-order chi connectivity index (χ1) is 14.5. The first kappa shape index (κ1) is 19.6. The van der Waals surface area contributed by atoms with Gasteiger partial charge in [-0.05, 0) is 38.2 Å². The van der Waals surface area contributed by atoms with Gasteiger partial charge in [0.15, 0.2) is 5.78 Å². The minimum atomic E-state index is -0.913. The van der Waals surface area contributed by atoms with E-state index in [4.69, 9.17) is 4.42 Å². The van der Waals surface area contributed by atoms with E-state index in [2.05, 4.69) is 0 Å². The molecule has 3 atom stereocenters. The highest BCUT2D eigenvalue weighted by molar-refractivity contribution is 6.10. The molecule has 0 radical (unpaired) electrons. The standard InChI is InChI=1S/C25H29NO4/c1-16-22(23-20(27)12-7-13-21(23)30-16)24(28)26-15-14-25(29,17-8-3-2-4-9-17)18-10-5-6-11-19(18)26/h2-4,8-9,18-19,29H,5-7,10-15H2,1H3/t18-,19+,25+/m0/s1. The molecule has 0 bridgehead atoms. The van der Waals surface area contributed by atoms with Gasteiger partial charge >= 0.3 is 0 Å². The number of likely N-dealkylation sites (tertiary alicyclic amines) is 1. The molecule has 1 aliphatic heterocycles. The smallest absolute Gasteiger partial charge is 0.258 e. The average molecular weight is 408 g/mol. The molecule has 5 nitrogen and oxygen atoms in total. The maximum Gasteiger partial charge on any atom is 0.258 e. The summed E-state index contributed by atoms with van der Waals surface area (Å²) in [5.74, 6) is 1.15. The first-order valence-corrected chi connectivity index (χ1v) is 11.2. The van der Waals surface area contributed by atoms with E-state index >= 15 is 0 Å². The number of piperidine rings is 1. The van der Waals surface area contributed by atoms with Gasteiger partial charge in [0, 0.05) is 31.3 Å². The van der Waals surface area contributed by atoms with E-state index in [-0.39, 0.29) is 23.7 Å². The number of benzene rings is 1. The van der Waals surface area contributed by atoms with E-state index in [9.17, 15) is 14.7 Å². The Morgan fingerprint density at radius 1 is 1.13 bits per heavy atom. The molecule has 3 aliphatic rings. The normalized spacial score (nSPS) is 28.7. The van der Waals surface area contributed by atoms with Crippen molar-refractivity contribution in [3.8, 4) is 0 Å². The first-order valence-electron chi connectivity index (χ1n) is 11.2. The monoisotopic (exact) mass is 407 g/mol. The molecule has 2 aromatic rings. The van der Waals surface area contributed by atoms with Crippen LogP contribution < -0.4 is 0 Å². The van der Waals surface area contributed by atoms with Crippen LogP contribution in [0.15, 0.2) is 34.7 Å². The summed E-state index contributed by atoms with van der Waals surface area (Å²) in [5.41, 5.74) is 1.01. The summed E-state index contributed by atoms with van der Waals surface area (Å²) >= 11 is 0. The third kappa shape index (κ3) is 2.94.